The smallest absolute Gasteiger partial charge is 0.359 e. The first-order valence-corrected chi connectivity index (χ1v) is 10.6. The van der Waals surface area contributed by atoms with E-state index in [1.165, 1.54) is 4.68 Å². The van der Waals surface area contributed by atoms with E-state index in [2.05, 4.69) is 33.0 Å². The molecule has 0 unspecified atom stereocenters. The highest BCUT2D eigenvalue weighted by atomic mass is 127. The molecule has 3 rings (SSSR count). The van der Waals surface area contributed by atoms with E-state index < -0.39 is 11.9 Å². The fourth-order valence-electron chi connectivity index (χ4n) is 2.91. The number of aliphatic hydroxyl groups is 1. The summed E-state index contributed by atoms with van der Waals surface area (Å²) < 4.78 is 7.48. The van der Waals surface area contributed by atoms with E-state index in [1.54, 1.807) is 43.3 Å². The van der Waals surface area contributed by atoms with E-state index in [4.69, 9.17) is 16.3 Å². The van der Waals surface area contributed by atoms with Gasteiger partial charge in [0, 0.05) is 32.9 Å². The van der Waals surface area contributed by atoms with Crippen molar-refractivity contribution in [3.8, 4) is 5.69 Å². The van der Waals surface area contributed by atoms with Crippen molar-refractivity contribution in [3.05, 3.63) is 74.1 Å². The number of rotatable bonds is 7. The zero-order chi connectivity index (χ0) is 21.7. The molecule has 0 fully saturated rings. The van der Waals surface area contributed by atoms with Crippen LogP contribution in [-0.4, -0.2) is 40.0 Å². The van der Waals surface area contributed by atoms with Gasteiger partial charge >= 0.3 is 5.97 Å². The van der Waals surface area contributed by atoms with Crippen LogP contribution in [0.25, 0.3) is 5.69 Å². The molecular weight excluding hydrogens is 521 g/mol. The number of nitrogens with one attached hydrogen (secondary N) is 1. The number of aliphatic hydroxyl groups excluding tert-OH is 1. The highest BCUT2D eigenvalue weighted by molar-refractivity contribution is 14.1. The fraction of sp³-hybridized carbons (Fsp3) is 0.190. The molecule has 1 aromatic heterocycles. The second-order valence-corrected chi connectivity index (χ2v) is 7.90. The summed E-state index contributed by atoms with van der Waals surface area (Å²) in [6.07, 6.45) is 0.0597. The van der Waals surface area contributed by atoms with Gasteiger partial charge in [0.25, 0.3) is 5.91 Å². The number of benzene rings is 2. The van der Waals surface area contributed by atoms with E-state index in [9.17, 15) is 14.7 Å². The molecule has 2 aromatic carbocycles. The number of esters is 1. The molecule has 0 aliphatic rings. The molecule has 0 atom stereocenters. The number of halogens is 2. The van der Waals surface area contributed by atoms with Gasteiger partial charge in [-0.05, 0) is 72.0 Å². The standard InChI is InChI=1S/C21H19ClIN3O4/c1-2-30-21(29)18-17(10-11-27)19(20(28)24-15-8-6-14(23)7-9-15)26(25-18)16-5-3-4-13(22)12-16/h3-9,12,27H,2,10-11H2,1H3,(H,24,28). The van der Waals surface area contributed by atoms with Crippen LogP contribution in [0, 0.1) is 3.57 Å². The molecule has 0 saturated carbocycles. The van der Waals surface area contributed by atoms with Gasteiger partial charge in [-0.15, -0.1) is 0 Å². The minimum absolute atomic E-state index is 0.0152. The molecule has 30 heavy (non-hydrogen) atoms. The molecule has 0 bridgehead atoms. The van der Waals surface area contributed by atoms with Crippen molar-refractivity contribution < 1.29 is 19.4 Å². The van der Waals surface area contributed by atoms with Gasteiger partial charge in [-0.3, -0.25) is 4.79 Å². The SMILES string of the molecule is CCOC(=O)c1nn(-c2cccc(Cl)c2)c(C(=O)Nc2ccc(I)cc2)c1CCO. The van der Waals surface area contributed by atoms with Crippen LogP contribution in [0.3, 0.4) is 0 Å². The summed E-state index contributed by atoms with van der Waals surface area (Å²) in [5.74, 6) is -1.13. The number of anilines is 1. The Hall–Kier alpha value is -2.43. The number of hydrogen-bond acceptors (Lipinski definition) is 5. The lowest BCUT2D eigenvalue weighted by Crippen LogP contribution is -2.19. The molecule has 0 aliphatic carbocycles. The Morgan fingerprint density at radius 2 is 1.97 bits per heavy atom. The second kappa shape index (κ2) is 10.1. The lowest BCUT2D eigenvalue weighted by molar-refractivity contribution is 0.0517. The maximum Gasteiger partial charge on any atom is 0.359 e. The highest BCUT2D eigenvalue weighted by Gasteiger charge is 2.28. The summed E-state index contributed by atoms with van der Waals surface area (Å²) in [5, 5.41) is 17.2. The first-order chi connectivity index (χ1) is 14.4. The molecular formula is C21H19ClIN3O4. The number of amides is 1. The molecule has 0 spiro atoms. The molecule has 0 aliphatic heterocycles. The van der Waals surface area contributed by atoms with Crippen LogP contribution in [-0.2, 0) is 11.2 Å². The third kappa shape index (κ3) is 5.00. The average molecular weight is 540 g/mol. The van der Waals surface area contributed by atoms with Crippen LogP contribution in [0.5, 0.6) is 0 Å². The number of ether oxygens (including phenoxy) is 1. The summed E-state index contributed by atoms with van der Waals surface area (Å²) in [7, 11) is 0. The van der Waals surface area contributed by atoms with Gasteiger partial charge in [-0.1, -0.05) is 17.7 Å². The van der Waals surface area contributed by atoms with Gasteiger partial charge in [0.2, 0.25) is 0 Å². The maximum absolute atomic E-state index is 13.2. The predicted octanol–water partition coefficient (Wildman–Crippen LogP) is 4.09. The Balaban J connectivity index is 2.14. The van der Waals surface area contributed by atoms with Crippen molar-refractivity contribution in [1.29, 1.82) is 0 Å². The Morgan fingerprint density at radius 1 is 1.23 bits per heavy atom. The van der Waals surface area contributed by atoms with Gasteiger partial charge in [-0.25, -0.2) is 9.48 Å². The summed E-state index contributed by atoms with van der Waals surface area (Å²) in [6.45, 7) is 1.57. The van der Waals surface area contributed by atoms with Crippen molar-refractivity contribution in [3.63, 3.8) is 0 Å². The lowest BCUT2D eigenvalue weighted by atomic mass is 10.1. The van der Waals surface area contributed by atoms with Crippen LogP contribution >= 0.6 is 34.2 Å². The Kier molecular flexibility index (Phi) is 7.46. The zero-order valence-electron chi connectivity index (χ0n) is 16.1. The third-order valence-electron chi connectivity index (χ3n) is 4.18. The Labute approximate surface area is 192 Å². The monoisotopic (exact) mass is 539 g/mol. The molecule has 0 radical (unpaired) electrons. The molecule has 156 valence electrons. The number of carbonyl (C=O) groups is 2. The van der Waals surface area contributed by atoms with Gasteiger partial charge < -0.3 is 15.2 Å². The maximum atomic E-state index is 13.2. The van der Waals surface area contributed by atoms with Crippen LogP contribution in [0.2, 0.25) is 5.02 Å². The van der Waals surface area contributed by atoms with Crippen LogP contribution in [0.15, 0.2) is 48.5 Å². The van der Waals surface area contributed by atoms with E-state index in [0.29, 0.717) is 22.0 Å². The Bertz CT molecular complexity index is 1070. The van der Waals surface area contributed by atoms with Crippen molar-refractivity contribution in [1.82, 2.24) is 9.78 Å². The number of aromatic nitrogens is 2. The third-order valence-corrected chi connectivity index (χ3v) is 5.14. The highest BCUT2D eigenvalue weighted by Crippen LogP contribution is 2.24. The fourth-order valence-corrected chi connectivity index (χ4v) is 3.46. The predicted molar refractivity (Wildman–Crippen MR) is 122 cm³/mol. The van der Waals surface area contributed by atoms with Crippen molar-refractivity contribution in [2.75, 3.05) is 18.5 Å². The minimum atomic E-state index is -0.662. The van der Waals surface area contributed by atoms with Gasteiger partial charge in [0.1, 0.15) is 5.69 Å². The normalized spacial score (nSPS) is 10.7. The van der Waals surface area contributed by atoms with Crippen molar-refractivity contribution >= 4 is 51.8 Å². The first kappa shape index (κ1) is 22.3. The minimum Gasteiger partial charge on any atom is -0.461 e. The number of nitrogens with zero attached hydrogens (tertiary/aromatic N) is 2. The van der Waals surface area contributed by atoms with E-state index in [-0.39, 0.29) is 31.0 Å². The topological polar surface area (TPSA) is 93.5 Å². The molecule has 0 saturated heterocycles. The molecule has 3 aromatic rings. The molecule has 9 heteroatoms. The average Bonchev–Trinajstić information content (AvgIpc) is 3.10. The van der Waals surface area contributed by atoms with Crippen LogP contribution < -0.4 is 5.32 Å². The summed E-state index contributed by atoms with van der Waals surface area (Å²) >= 11 is 8.29. The first-order valence-electron chi connectivity index (χ1n) is 9.17. The summed E-state index contributed by atoms with van der Waals surface area (Å²) in [6, 6.07) is 14.0. The van der Waals surface area contributed by atoms with Gasteiger partial charge in [0.05, 0.1) is 12.3 Å². The van der Waals surface area contributed by atoms with E-state index in [1.807, 2.05) is 12.1 Å². The zero-order valence-corrected chi connectivity index (χ0v) is 19.0. The second-order valence-electron chi connectivity index (χ2n) is 6.22. The molecule has 2 N–H and O–H groups in total. The largest absolute Gasteiger partial charge is 0.461 e. The Morgan fingerprint density at radius 3 is 2.60 bits per heavy atom. The molecule has 7 nitrogen and oxygen atoms in total. The number of carbonyl (C=O) groups excluding carboxylic acids is 2. The van der Waals surface area contributed by atoms with Crippen LogP contribution in [0.1, 0.15) is 33.5 Å². The summed E-state index contributed by atoms with van der Waals surface area (Å²) in [4.78, 5) is 25.7. The molecule has 1 amide bonds. The van der Waals surface area contributed by atoms with Gasteiger partial charge in [-0.2, -0.15) is 5.10 Å². The summed E-state index contributed by atoms with van der Waals surface area (Å²) in [5.41, 5.74) is 1.52. The van der Waals surface area contributed by atoms with Crippen molar-refractivity contribution in [2.24, 2.45) is 0 Å². The number of hydrogen-bond donors (Lipinski definition) is 2. The van der Waals surface area contributed by atoms with E-state index >= 15 is 0 Å². The quantitative estimate of drug-likeness (QED) is 0.348. The van der Waals surface area contributed by atoms with Crippen LogP contribution in [0.4, 0.5) is 5.69 Å². The lowest BCUT2D eigenvalue weighted by Gasteiger charge is -2.11. The molecule has 1 heterocycles. The van der Waals surface area contributed by atoms with Crippen molar-refractivity contribution in [2.45, 2.75) is 13.3 Å². The van der Waals surface area contributed by atoms with E-state index in [0.717, 1.165) is 3.57 Å². The van der Waals surface area contributed by atoms with Gasteiger partial charge in [0.15, 0.2) is 5.69 Å².